The van der Waals surface area contributed by atoms with Crippen LogP contribution in [0.1, 0.15) is 29.7 Å². The lowest BCUT2D eigenvalue weighted by Gasteiger charge is -2.26. The Bertz CT molecular complexity index is 997. The molecule has 2 atom stereocenters. The lowest BCUT2D eigenvalue weighted by atomic mass is 10.0. The van der Waals surface area contributed by atoms with E-state index in [1.807, 2.05) is 78.9 Å². The van der Waals surface area contributed by atoms with Crippen LogP contribution in [0, 0.1) is 0 Å². The van der Waals surface area contributed by atoms with Gasteiger partial charge in [0.05, 0.1) is 19.3 Å². The third-order valence-corrected chi connectivity index (χ3v) is 4.91. The third-order valence-electron chi connectivity index (χ3n) is 4.91. The van der Waals surface area contributed by atoms with Crippen molar-refractivity contribution in [2.45, 2.75) is 32.3 Å². The van der Waals surface area contributed by atoms with E-state index in [2.05, 4.69) is 5.32 Å². The fourth-order valence-corrected chi connectivity index (χ4v) is 3.27. The number of benzene rings is 3. The molecule has 3 aromatic carbocycles. The highest BCUT2D eigenvalue weighted by molar-refractivity contribution is 5.77. The maximum Gasteiger partial charge on any atom is 0.408 e. The van der Waals surface area contributed by atoms with Crippen molar-refractivity contribution in [2.75, 3.05) is 13.4 Å². The second-order valence-corrected chi connectivity index (χ2v) is 7.39. The summed E-state index contributed by atoms with van der Waals surface area (Å²) >= 11 is 0. The first-order valence-corrected chi connectivity index (χ1v) is 11.1. The fourth-order valence-electron chi connectivity index (χ4n) is 3.27. The first kappa shape index (κ1) is 25.0. The Labute approximate surface area is 199 Å². The van der Waals surface area contributed by atoms with Gasteiger partial charge in [-0.1, -0.05) is 91.0 Å². The Kier molecular flexibility index (Phi) is 10.1. The van der Waals surface area contributed by atoms with Crippen molar-refractivity contribution in [3.63, 3.8) is 0 Å². The average molecular weight is 464 g/mol. The zero-order valence-electron chi connectivity index (χ0n) is 19.1. The van der Waals surface area contributed by atoms with E-state index in [0.717, 1.165) is 11.1 Å². The molecule has 7 nitrogen and oxygen atoms in total. The van der Waals surface area contributed by atoms with Gasteiger partial charge in [-0.15, -0.1) is 0 Å². The Morgan fingerprint density at radius 1 is 0.765 bits per heavy atom. The lowest BCUT2D eigenvalue weighted by molar-refractivity contribution is -0.171. The molecule has 0 bridgehead atoms. The van der Waals surface area contributed by atoms with Gasteiger partial charge in [-0.3, -0.25) is 0 Å². The Morgan fingerprint density at radius 3 is 1.91 bits per heavy atom. The number of esters is 1. The number of nitrogens with one attached hydrogen (secondary N) is 1. The van der Waals surface area contributed by atoms with E-state index in [0.29, 0.717) is 12.2 Å². The van der Waals surface area contributed by atoms with E-state index in [4.69, 9.17) is 18.9 Å². The van der Waals surface area contributed by atoms with Gasteiger partial charge in [-0.25, -0.2) is 9.59 Å². The van der Waals surface area contributed by atoms with E-state index in [1.165, 1.54) is 0 Å². The summed E-state index contributed by atoms with van der Waals surface area (Å²) < 4.78 is 22.0. The minimum atomic E-state index is -1.14. The number of alkyl carbamates (subject to hydrolysis) is 1. The van der Waals surface area contributed by atoms with Crippen LogP contribution < -0.4 is 5.32 Å². The molecule has 1 amide bonds. The minimum Gasteiger partial charge on any atom is -0.464 e. The van der Waals surface area contributed by atoms with E-state index in [-0.39, 0.29) is 20.0 Å². The monoisotopic (exact) mass is 463 g/mol. The highest BCUT2D eigenvalue weighted by Gasteiger charge is 2.33. The van der Waals surface area contributed by atoms with Gasteiger partial charge in [0.1, 0.15) is 13.4 Å². The van der Waals surface area contributed by atoms with Crippen LogP contribution in [0.4, 0.5) is 4.79 Å². The second-order valence-electron chi connectivity index (χ2n) is 7.39. The molecular weight excluding hydrogens is 434 g/mol. The van der Waals surface area contributed by atoms with Crippen molar-refractivity contribution >= 4 is 12.1 Å². The molecule has 0 heterocycles. The molecule has 0 aromatic heterocycles. The van der Waals surface area contributed by atoms with Crippen LogP contribution in [0.2, 0.25) is 0 Å². The molecule has 2 unspecified atom stereocenters. The number of carbonyl (C=O) groups is 2. The molecule has 178 valence electrons. The highest BCUT2D eigenvalue weighted by Crippen LogP contribution is 2.21. The van der Waals surface area contributed by atoms with E-state index in [1.54, 1.807) is 19.1 Å². The first-order chi connectivity index (χ1) is 16.7. The van der Waals surface area contributed by atoms with Crippen molar-refractivity contribution < 1.29 is 28.5 Å². The molecule has 0 aliphatic carbocycles. The van der Waals surface area contributed by atoms with Gasteiger partial charge in [0.15, 0.2) is 6.10 Å². The summed E-state index contributed by atoms with van der Waals surface area (Å²) in [5, 5.41) is 2.76. The minimum absolute atomic E-state index is 0.0965. The number of hydrogen-bond acceptors (Lipinski definition) is 6. The second kappa shape index (κ2) is 13.8. The Morgan fingerprint density at radius 2 is 1.32 bits per heavy atom. The van der Waals surface area contributed by atoms with Crippen molar-refractivity contribution in [2.24, 2.45) is 0 Å². The number of rotatable bonds is 12. The Hall–Kier alpha value is -3.68. The summed E-state index contributed by atoms with van der Waals surface area (Å²) in [6.07, 6.45) is -1.82. The smallest absolute Gasteiger partial charge is 0.408 e. The summed E-state index contributed by atoms with van der Waals surface area (Å²) in [6, 6.07) is 27.2. The molecule has 0 saturated heterocycles. The SMILES string of the molecule is CCOC(=O)C(OCOCc1ccccc1)C(NC(=O)OCc1ccccc1)c1ccccc1. The van der Waals surface area contributed by atoms with Crippen molar-refractivity contribution in [1.82, 2.24) is 5.32 Å². The molecule has 34 heavy (non-hydrogen) atoms. The topological polar surface area (TPSA) is 83.1 Å². The molecule has 3 rings (SSSR count). The predicted molar refractivity (Wildman–Crippen MR) is 127 cm³/mol. The molecule has 0 fully saturated rings. The van der Waals surface area contributed by atoms with E-state index >= 15 is 0 Å². The van der Waals surface area contributed by atoms with Crippen molar-refractivity contribution in [1.29, 1.82) is 0 Å². The molecule has 0 aliphatic heterocycles. The Balaban J connectivity index is 1.69. The lowest BCUT2D eigenvalue weighted by Crippen LogP contribution is -2.43. The number of amides is 1. The zero-order valence-corrected chi connectivity index (χ0v) is 19.1. The standard InChI is InChI=1S/C27H29NO6/c1-2-32-26(29)25(34-20-31-18-21-12-6-3-7-13-21)24(23-16-10-5-11-17-23)28-27(30)33-19-22-14-8-4-9-15-22/h3-17,24-25H,2,18-20H2,1H3,(H,28,30). The molecule has 0 saturated carbocycles. The predicted octanol–water partition coefficient (Wildman–Crippen LogP) is 4.78. The van der Waals surface area contributed by atoms with Gasteiger partial charge < -0.3 is 24.3 Å². The first-order valence-electron chi connectivity index (χ1n) is 11.1. The van der Waals surface area contributed by atoms with Gasteiger partial charge in [-0.2, -0.15) is 0 Å². The summed E-state index contributed by atoms with van der Waals surface area (Å²) in [7, 11) is 0. The highest BCUT2D eigenvalue weighted by atomic mass is 16.7. The normalized spacial score (nSPS) is 12.4. The quantitative estimate of drug-likeness (QED) is 0.237. The van der Waals surface area contributed by atoms with Crippen LogP contribution in [0.5, 0.6) is 0 Å². The summed E-state index contributed by atoms with van der Waals surface area (Å²) in [4.78, 5) is 25.4. The fraction of sp³-hybridized carbons (Fsp3) is 0.259. The third kappa shape index (κ3) is 8.03. The van der Waals surface area contributed by atoms with E-state index < -0.39 is 24.2 Å². The van der Waals surface area contributed by atoms with Gasteiger partial charge in [0.2, 0.25) is 0 Å². The van der Waals surface area contributed by atoms with Crippen molar-refractivity contribution in [3.05, 3.63) is 108 Å². The van der Waals surface area contributed by atoms with Crippen LogP contribution in [0.25, 0.3) is 0 Å². The van der Waals surface area contributed by atoms with Crippen LogP contribution in [0.3, 0.4) is 0 Å². The van der Waals surface area contributed by atoms with Gasteiger partial charge in [0.25, 0.3) is 0 Å². The maximum atomic E-state index is 12.8. The molecule has 1 N–H and O–H groups in total. The maximum absolute atomic E-state index is 12.8. The average Bonchev–Trinajstić information content (AvgIpc) is 2.88. The summed E-state index contributed by atoms with van der Waals surface area (Å²) in [5.41, 5.74) is 2.49. The van der Waals surface area contributed by atoms with Crippen LogP contribution in [-0.2, 0) is 37.0 Å². The van der Waals surface area contributed by atoms with Gasteiger partial charge in [-0.05, 0) is 23.6 Å². The molecular formula is C27H29NO6. The van der Waals surface area contributed by atoms with E-state index in [9.17, 15) is 9.59 Å². The van der Waals surface area contributed by atoms with Gasteiger partial charge >= 0.3 is 12.1 Å². The molecule has 0 radical (unpaired) electrons. The molecule has 0 spiro atoms. The van der Waals surface area contributed by atoms with Crippen molar-refractivity contribution in [3.8, 4) is 0 Å². The van der Waals surface area contributed by atoms with Crippen LogP contribution in [-0.4, -0.2) is 31.6 Å². The molecule has 3 aromatic rings. The largest absolute Gasteiger partial charge is 0.464 e. The molecule has 0 aliphatic rings. The summed E-state index contributed by atoms with van der Waals surface area (Å²) in [6.45, 7) is 2.13. The molecule has 7 heteroatoms. The number of carbonyl (C=O) groups excluding carboxylic acids is 2. The van der Waals surface area contributed by atoms with Crippen LogP contribution >= 0.6 is 0 Å². The number of ether oxygens (including phenoxy) is 4. The van der Waals surface area contributed by atoms with Crippen LogP contribution in [0.15, 0.2) is 91.0 Å². The zero-order chi connectivity index (χ0) is 24.0. The number of hydrogen-bond donors (Lipinski definition) is 1. The van der Waals surface area contributed by atoms with Gasteiger partial charge in [0, 0.05) is 0 Å². The summed E-state index contributed by atoms with van der Waals surface area (Å²) in [5.74, 6) is -0.608.